The highest BCUT2D eigenvalue weighted by atomic mass is 35.5. The summed E-state index contributed by atoms with van der Waals surface area (Å²) in [5.41, 5.74) is 1.68. The van der Waals surface area contributed by atoms with Gasteiger partial charge in [0, 0.05) is 20.5 Å². The highest BCUT2D eigenvalue weighted by molar-refractivity contribution is 8.00. The fraction of sp³-hybridized carbons (Fsp3) is 0.0714. The minimum atomic E-state index is -0.879. The van der Waals surface area contributed by atoms with Crippen LogP contribution in [0.1, 0.15) is 0 Å². The number of rotatable bonds is 4. The van der Waals surface area contributed by atoms with Gasteiger partial charge < -0.3 is 5.11 Å². The molecule has 0 aliphatic rings. The number of carboxylic acids is 1. The Bertz CT molecular complexity index is 659. The lowest BCUT2D eigenvalue weighted by atomic mass is 10.1. The van der Waals surface area contributed by atoms with E-state index in [1.165, 1.54) is 11.8 Å². The van der Waals surface area contributed by atoms with E-state index in [-0.39, 0.29) is 5.75 Å². The van der Waals surface area contributed by atoms with Crippen molar-refractivity contribution < 1.29 is 9.90 Å². The van der Waals surface area contributed by atoms with Gasteiger partial charge in [-0.3, -0.25) is 4.79 Å². The van der Waals surface area contributed by atoms with Crippen LogP contribution in [0.5, 0.6) is 0 Å². The second-order valence-electron chi connectivity index (χ2n) is 3.95. The van der Waals surface area contributed by atoms with Gasteiger partial charge in [0.15, 0.2) is 0 Å². The molecule has 0 saturated carbocycles. The molecule has 0 radical (unpaired) electrons. The van der Waals surface area contributed by atoms with Gasteiger partial charge in [0.25, 0.3) is 0 Å². The standard InChI is InChI=1S/C14H9Cl3O2S/c15-9-2-3-10(11(16)6-9)8-1-4-13(12(17)5-8)20-7-14(18)19/h1-6H,7H2,(H,18,19). The Hall–Kier alpha value is -0.870. The van der Waals surface area contributed by atoms with Crippen LogP contribution in [0.4, 0.5) is 0 Å². The molecule has 1 N–H and O–H groups in total. The number of aliphatic carboxylic acids is 1. The third-order valence-electron chi connectivity index (χ3n) is 2.53. The van der Waals surface area contributed by atoms with Crippen LogP contribution in [0.25, 0.3) is 11.1 Å². The van der Waals surface area contributed by atoms with Crippen LogP contribution in [0, 0.1) is 0 Å². The Labute approximate surface area is 135 Å². The van der Waals surface area contributed by atoms with E-state index in [1.54, 1.807) is 24.3 Å². The summed E-state index contributed by atoms with van der Waals surface area (Å²) in [6, 6.07) is 10.6. The lowest BCUT2D eigenvalue weighted by molar-refractivity contribution is -0.133. The predicted octanol–water partition coefficient (Wildman–Crippen LogP) is 5.49. The number of hydrogen-bond donors (Lipinski definition) is 1. The Morgan fingerprint density at radius 3 is 2.40 bits per heavy atom. The van der Waals surface area contributed by atoms with Crippen molar-refractivity contribution in [2.24, 2.45) is 0 Å². The summed E-state index contributed by atoms with van der Waals surface area (Å²) < 4.78 is 0. The molecule has 0 heterocycles. The molecule has 0 bridgehead atoms. The maximum Gasteiger partial charge on any atom is 0.313 e. The van der Waals surface area contributed by atoms with Gasteiger partial charge in [-0.1, -0.05) is 46.9 Å². The predicted molar refractivity (Wildman–Crippen MR) is 85.3 cm³/mol. The molecular weight excluding hydrogens is 339 g/mol. The van der Waals surface area contributed by atoms with Crippen molar-refractivity contribution in [1.29, 1.82) is 0 Å². The van der Waals surface area contributed by atoms with Gasteiger partial charge in [-0.15, -0.1) is 11.8 Å². The monoisotopic (exact) mass is 346 g/mol. The average Bonchev–Trinajstić information content (AvgIpc) is 2.37. The van der Waals surface area contributed by atoms with E-state index >= 15 is 0 Å². The second-order valence-corrected chi connectivity index (χ2v) is 6.22. The Morgan fingerprint density at radius 2 is 1.80 bits per heavy atom. The zero-order valence-electron chi connectivity index (χ0n) is 10.1. The number of thioether (sulfide) groups is 1. The molecule has 0 spiro atoms. The fourth-order valence-corrected chi connectivity index (χ4v) is 3.15. The Kier molecular flexibility index (Phi) is 5.22. The number of carboxylic acid groups (broad SMARTS) is 1. The molecule has 0 amide bonds. The van der Waals surface area contributed by atoms with Gasteiger partial charge >= 0.3 is 5.97 Å². The molecule has 0 fully saturated rings. The third-order valence-corrected chi connectivity index (χ3v) is 4.56. The first-order chi connectivity index (χ1) is 9.47. The molecule has 2 nitrogen and oxygen atoms in total. The van der Waals surface area contributed by atoms with Crippen LogP contribution in [-0.4, -0.2) is 16.8 Å². The number of benzene rings is 2. The normalized spacial score (nSPS) is 10.6. The van der Waals surface area contributed by atoms with Gasteiger partial charge in [-0.2, -0.15) is 0 Å². The first-order valence-corrected chi connectivity index (χ1v) is 7.69. The molecule has 2 aromatic carbocycles. The van der Waals surface area contributed by atoms with E-state index in [9.17, 15) is 4.79 Å². The van der Waals surface area contributed by atoms with Gasteiger partial charge in [-0.05, 0) is 29.8 Å². The topological polar surface area (TPSA) is 37.3 Å². The zero-order chi connectivity index (χ0) is 14.7. The largest absolute Gasteiger partial charge is 0.481 e. The fourth-order valence-electron chi connectivity index (χ4n) is 1.65. The van der Waals surface area contributed by atoms with Crippen molar-refractivity contribution >= 4 is 52.5 Å². The van der Waals surface area contributed by atoms with Gasteiger partial charge in [0.1, 0.15) is 0 Å². The molecule has 0 unspecified atom stereocenters. The highest BCUT2D eigenvalue weighted by Gasteiger charge is 2.09. The third kappa shape index (κ3) is 3.83. The second kappa shape index (κ2) is 6.72. The van der Waals surface area contributed by atoms with E-state index in [1.807, 2.05) is 12.1 Å². The van der Waals surface area contributed by atoms with Crippen LogP contribution >= 0.6 is 46.6 Å². The highest BCUT2D eigenvalue weighted by Crippen LogP contribution is 2.35. The van der Waals surface area contributed by atoms with Crippen molar-refractivity contribution in [3.8, 4) is 11.1 Å². The molecule has 0 saturated heterocycles. The summed E-state index contributed by atoms with van der Waals surface area (Å²) >= 11 is 19.4. The lowest BCUT2D eigenvalue weighted by Gasteiger charge is -2.08. The minimum Gasteiger partial charge on any atom is -0.481 e. The first kappa shape index (κ1) is 15.5. The molecule has 104 valence electrons. The van der Waals surface area contributed by atoms with E-state index in [0.29, 0.717) is 15.1 Å². The quantitative estimate of drug-likeness (QED) is 0.743. The number of carbonyl (C=O) groups is 1. The van der Waals surface area contributed by atoms with Crippen molar-refractivity contribution in [3.05, 3.63) is 51.5 Å². The minimum absolute atomic E-state index is 0.0270. The van der Waals surface area contributed by atoms with Gasteiger partial charge in [-0.25, -0.2) is 0 Å². The molecule has 0 aliphatic heterocycles. The summed E-state index contributed by atoms with van der Waals surface area (Å²) in [7, 11) is 0. The molecule has 6 heteroatoms. The maximum absolute atomic E-state index is 10.6. The van der Waals surface area contributed by atoms with Crippen LogP contribution in [-0.2, 0) is 4.79 Å². The number of hydrogen-bond acceptors (Lipinski definition) is 2. The lowest BCUT2D eigenvalue weighted by Crippen LogP contribution is -1.97. The molecule has 2 aromatic rings. The van der Waals surface area contributed by atoms with Crippen LogP contribution in [0.2, 0.25) is 15.1 Å². The average molecular weight is 348 g/mol. The van der Waals surface area contributed by atoms with Crippen molar-refractivity contribution in [2.45, 2.75) is 4.90 Å². The maximum atomic E-state index is 10.6. The van der Waals surface area contributed by atoms with Crippen LogP contribution < -0.4 is 0 Å². The Balaban J connectivity index is 2.30. The van der Waals surface area contributed by atoms with Crippen LogP contribution in [0.3, 0.4) is 0 Å². The van der Waals surface area contributed by atoms with E-state index < -0.39 is 5.97 Å². The van der Waals surface area contributed by atoms with Crippen molar-refractivity contribution in [1.82, 2.24) is 0 Å². The molecular formula is C14H9Cl3O2S. The first-order valence-electron chi connectivity index (χ1n) is 5.57. The molecule has 2 rings (SSSR count). The SMILES string of the molecule is O=C(O)CSc1ccc(-c2ccc(Cl)cc2Cl)cc1Cl. The van der Waals surface area contributed by atoms with E-state index in [4.69, 9.17) is 39.9 Å². The summed E-state index contributed by atoms with van der Waals surface area (Å²) in [4.78, 5) is 11.3. The zero-order valence-corrected chi connectivity index (χ0v) is 13.2. The molecule has 20 heavy (non-hydrogen) atoms. The van der Waals surface area contributed by atoms with Crippen molar-refractivity contribution in [2.75, 3.05) is 5.75 Å². The van der Waals surface area contributed by atoms with Gasteiger partial charge in [0.05, 0.1) is 10.8 Å². The Morgan fingerprint density at radius 1 is 1.05 bits per heavy atom. The van der Waals surface area contributed by atoms with E-state index in [2.05, 4.69) is 0 Å². The smallest absolute Gasteiger partial charge is 0.313 e. The summed E-state index contributed by atoms with van der Waals surface area (Å²) in [6.45, 7) is 0. The summed E-state index contributed by atoms with van der Waals surface area (Å²) in [5, 5.41) is 10.3. The van der Waals surface area contributed by atoms with Gasteiger partial charge in [0.2, 0.25) is 0 Å². The molecule has 0 aromatic heterocycles. The summed E-state index contributed by atoms with van der Waals surface area (Å²) in [5.74, 6) is -0.906. The summed E-state index contributed by atoms with van der Waals surface area (Å²) in [6.07, 6.45) is 0. The number of halogens is 3. The van der Waals surface area contributed by atoms with Crippen LogP contribution in [0.15, 0.2) is 41.3 Å². The van der Waals surface area contributed by atoms with E-state index in [0.717, 1.165) is 16.0 Å². The molecule has 0 atom stereocenters. The molecule has 0 aliphatic carbocycles. The van der Waals surface area contributed by atoms with Crippen molar-refractivity contribution in [3.63, 3.8) is 0 Å².